The Kier molecular flexibility index (Phi) is 2.92. The first kappa shape index (κ1) is 11.5. The summed E-state index contributed by atoms with van der Waals surface area (Å²) in [6.07, 6.45) is 1.60. The molecule has 0 fully saturated rings. The second-order valence-electron chi connectivity index (χ2n) is 5.26. The lowest BCUT2D eigenvalue weighted by Gasteiger charge is -2.31. The van der Waals surface area contributed by atoms with Gasteiger partial charge in [-0.05, 0) is 42.4 Å². The van der Waals surface area contributed by atoms with Gasteiger partial charge in [0.05, 0.1) is 6.10 Å². The highest BCUT2D eigenvalue weighted by molar-refractivity contribution is 5.40. The SMILES string of the molecule is Cc1ccc(C(O)CC2Cc3ccccc32)cc1. The number of hydrogen-bond donors (Lipinski definition) is 1. The summed E-state index contributed by atoms with van der Waals surface area (Å²) in [5, 5.41) is 10.3. The van der Waals surface area contributed by atoms with E-state index in [2.05, 4.69) is 43.3 Å². The van der Waals surface area contributed by atoms with Gasteiger partial charge in [0.15, 0.2) is 0 Å². The van der Waals surface area contributed by atoms with Gasteiger partial charge >= 0.3 is 0 Å². The first-order chi connectivity index (χ1) is 8.74. The number of fused-ring (bicyclic) bond motifs is 1. The van der Waals surface area contributed by atoms with Crippen molar-refractivity contribution in [2.45, 2.75) is 31.8 Å². The first-order valence-corrected chi connectivity index (χ1v) is 6.56. The van der Waals surface area contributed by atoms with E-state index < -0.39 is 0 Å². The molecule has 0 saturated carbocycles. The highest BCUT2D eigenvalue weighted by Gasteiger charge is 2.27. The zero-order valence-electron chi connectivity index (χ0n) is 10.6. The van der Waals surface area contributed by atoms with Crippen LogP contribution in [-0.4, -0.2) is 5.11 Å². The Morgan fingerprint density at radius 1 is 1.11 bits per heavy atom. The molecule has 1 aliphatic carbocycles. The summed E-state index contributed by atoms with van der Waals surface area (Å²) >= 11 is 0. The molecule has 1 aliphatic rings. The molecule has 0 bridgehead atoms. The van der Waals surface area contributed by atoms with Gasteiger partial charge in [-0.15, -0.1) is 0 Å². The quantitative estimate of drug-likeness (QED) is 0.863. The molecule has 1 heteroatoms. The lowest BCUT2D eigenvalue weighted by Crippen LogP contribution is -2.19. The third-order valence-corrected chi connectivity index (χ3v) is 3.93. The molecule has 3 rings (SSSR count). The van der Waals surface area contributed by atoms with Gasteiger partial charge in [0.2, 0.25) is 0 Å². The van der Waals surface area contributed by atoms with Gasteiger partial charge in [-0.3, -0.25) is 0 Å². The summed E-state index contributed by atoms with van der Waals surface area (Å²) in [7, 11) is 0. The van der Waals surface area contributed by atoms with Crippen LogP contribution in [0.1, 0.15) is 40.7 Å². The molecule has 2 unspecified atom stereocenters. The predicted octanol–water partition coefficient (Wildman–Crippen LogP) is 3.76. The summed E-state index contributed by atoms with van der Waals surface area (Å²) in [6, 6.07) is 16.7. The number of benzene rings is 2. The van der Waals surface area contributed by atoms with Gasteiger partial charge in [0, 0.05) is 0 Å². The van der Waals surface area contributed by atoms with Crippen molar-refractivity contribution in [1.82, 2.24) is 0 Å². The Labute approximate surface area is 108 Å². The minimum atomic E-state index is -0.344. The molecule has 1 nitrogen and oxygen atoms in total. The van der Waals surface area contributed by atoms with Crippen LogP contribution in [0.3, 0.4) is 0 Å². The minimum absolute atomic E-state index is 0.344. The van der Waals surface area contributed by atoms with Crippen LogP contribution in [0.4, 0.5) is 0 Å². The topological polar surface area (TPSA) is 20.2 Å². The molecule has 2 atom stereocenters. The molecule has 92 valence electrons. The molecule has 0 radical (unpaired) electrons. The number of rotatable bonds is 3. The number of aryl methyl sites for hydroxylation is 1. The van der Waals surface area contributed by atoms with Crippen LogP contribution in [0.5, 0.6) is 0 Å². The summed E-state index contributed by atoms with van der Waals surface area (Å²) in [6.45, 7) is 2.07. The highest BCUT2D eigenvalue weighted by Crippen LogP contribution is 2.40. The standard InChI is InChI=1S/C17H18O/c1-12-6-8-13(9-7-12)17(18)11-15-10-14-4-2-3-5-16(14)15/h2-9,15,17-18H,10-11H2,1H3. The Balaban J connectivity index is 1.70. The van der Waals surface area contributed by atoms with Crippen LogP contribution in [0, 0.1) is 6.92 Å². The molecule has 1 N–H and O–H groups in total. The van der Waals surface area contributed by atoms with Crippen molar-refractivity contribution in [3.8, 4) is 0 Å². The number of hydrogen-bond acceptors (Lipinski definition) is 1. The molecule has 0 amide bonds. The van der Waals surface area contributed by atoms with E-state index >= 15 is 0 Å². The molecule has 0 aromatic heterocycles. The van der Waals surface area contributed by atoms with E-state index in [1.165, 1.54) is 16.7 Å². The Morgan fingerprint density at radius 2 is 1.83 bits per heavy atom. The average molecular weight is 238 g/mol. The molecular weight excluding hydrogens is 220 g/mol. The van der Waals surface area contributed by atoms with E-state index in [0.717, 1.165) is 18.4 Å². The second kappa shape index (κ2) is 4.58. The highest BCUT2D eigenvalue weighted by atomic mass is 16.3. The van der Waals surface area contributed by atoms with E-state index in [1.54, 1.807) is 0 Å². The summed E-state index contributed by atoms with van der Waals surface area (Å²) in [5.41, 5.74) is 5.13. The van der Waals surface area contributed by atoms with Crippen LogP contribution in [-0.2, 0) is 6.42 Å². The molecule has 18 heavy (non-hydrogen) atoms. The van der Waals surface area contributed by atoms with E-state index in [0.29, 0.717) is 5.92 Å². The number of aliphatic hydroxyl groups excluding tert-OH is 1. The van der Waals surface area contributed by atoms with E-state index in [9.17, 15) is 5.11 Å². The average Bonchev–Trinajstić information content (AvgIpc) is 2.36. The zero-order valence-corrected chi connectivity index (χ0v) is 10.6. The van der Waals surface area contributed by atoms with Gasteiger partial charge in [-0.1, -0.05) is 54.1 Å². The van der Waals surface area contributed by atoms with E-state index in [4.69, 9.17) is 0 Å². The normalized spacial score (nSPS) is 18.9. The molecular formula is C17H18O. The summed E-state index contributed by atoms with van der Waals surface area (Å²) in [5.74, 6) is 0.525. The van der Waals surface area contributed by atoms with Gasteiger partial charge in [-0.2, -0.15) is 0 Å². The van der Waals surface area contributed by atoms with Crippen LogP contribution in [0.25, 0.3) is 0 Å². The fraction of sp³-hybridized carbons (Fsp3) is 0.294. The van der Waals surface area contributed by atoms with Crippen molar-refractivity contribution in [2.75, 3.05) is 0 Å². The zero-order chi connectivity index (χ0) is 12.5. The lowest BCUT2D eigenvalue weighted by atomic mass is 9.74. The predicted molar refractivity (Wildman–Crippen MR) is 73.6 cm³/mol. The molecule has 0 saturated heterocycles. The van der Waals surface area contributed by atoms with E-state index in [1.807, 2.05) is 12.1 Å². The Bertz CT molecular complexity index is 542. The van der Waals surface area contributed by atoms with E-state index in [-0.39, 0.29) is 6.10 Å². The van der Waals surface area contributed by atoms with Crippen LogP contribution in [0.2, 0.25) is 0 Å². The Morgan fingerprint density at radius 3 is 2.56 bits per heavy atom. The van der Waals surface area contributed by atoms with Crippen molar-refractivity contribution >= 4 is 0 Å². The fourth-order valence-corrected chi connectivity index (χ4v) is 2.77. The van der Waals surface area contributed by atoms with Crippen LogP contribution in [0.15, 0.2) is 48.5 Å². The monoisotopic (exact) mass is 238 g/mol. The van der Waals surface area contributed by atoms with Gasteiger partial charge in [-0.25, -0.2) is 0 Å². The van der Waals surface area contributed by atoms with Crippen molar-refractivity contribution < 1.29 is 5.11 Å². The molecule has 0 aliphatic heterocycles. The van der Waals surface area contributed by atoms with Crippen molar-refractivity contribution in [3.63, 3.8) is 0 Å². The maximum absolute atomic E-state index is 10.3. The van der Waals surface area contributed by atoms with Gasteiger partial charge < -0.3 is 5.11 Å². The smallest absolute Gasteiger partial charge is 0.0796 e. The van der Waals surface area contributed by atoms with Gasteiger partial charge in [0.1, 0.15) is 0 Å². The lowest BCUT2D eigenvalue weighted by molar-refractivity contribution is 0.153. The second-order valence-corrected chi connectivity index (χ2v) is 5.26. The largest absolute Gasteiger partial charge is 0.388 e. The first-order valence-electron chi connectivity index (χ1n) is 6.56. The van der Waals surface area contributed by atoms with Crippen LogP contribution >= 0.6 is 0 Å². The maximum Gasteiger partial charge on any atom is 0.0796 e. The number of aliphatic hydroxyl groups is 1. The summed E-state index contributed by atoms with van der Waals surface area (Å²) in [4.78, 5) is 0. The van der Waals surface area contributed by atoms with Crippen molar-refractivity contribution in [2.24, 2.45) is 0 Å². The molecule has 0 heterocycles. The maximum atomic E-state index is 10.3. The fourth-order valence-electron chi connectivity index (χ4n) is 2.77. The van der Waals surface area contributed by atoms with Crippen molar-refractivity contribution in [3.05, 3.63) is 70.8 Å². The van der Waals surface area contributed by atoms with Gasteiger partial charge in [0.25, 0.3) is 0 Å². The molecule has 0 spiro atoms. The molecule has 2 aromatic carbocycles. The summed E-state index contributed by atoms with van der Waals surface area (Å²) < 4.78 is 0. The minimum Gasteiger partial charge on any atom is -0.388 e. The van der Waals surface area contributed by atoms with Crippen LogP contribution < -0.4 is 0 Å². The molecule has 2 aromatic rings. The Hall–Kier alpha value is -1.60. The van der Waals surface area contributed by atoms with Crippen molar-refractivity contribution in [1.29, 1.82) is 0 Å². The third-order valence-electron chi connectivity index (χ3n) is 3.93. The third kappa shape index (κ3) is 2.06.